The Bertz CT molecular complexity index is 167. The van der Waals surface area contributed by atoms with Gasteiger partial charge in [-0.15, -0.1) is 0 Å². The molecular weight excluding hydrogens is 165 g/mol. The molecule has 0 unspecified atom stereocenters. The van der Waals surface area contributed by atoms with Crippen LogP contribution in [0.5, 0.6) is 0 Å². The molecule has 1 rings (SSSR count). The fourth-order valence-electron chi connectivity index (χ4n) is 0.687. The second-order valence-corrected chi connectivity index (χ2v) is 1.82. The molecule has 0 fully saturated rings. The molecule has 53 valence electrons. The van der Waals surface area contributed by atoms with Gasteiger partial charge < -0.3 is 5.21 Å². The van der Waals surface area contributed by atoms with Gasteiger partial charge in [-0.3, -0.25) is 0 Å². The first-order valence-corrected chi connectivity index (χ1v) is 2.84. The van der Waals surface area contributed by atoms with E-state index in [2.05, 4.69) is 5.48 Å². The van der Waals surface area contributed by atoms with Crippen LogP contribution >= 0.6 is 0 Å². The first kappa shape index (κ1) is 9.72. The van der Waals surface area contributed by atoms with Crippen LogP contribution in [0.4, 0.5) is 0 Å². The summed E-state index contributed by atoms with van der Waals surface area (Å²) in [6.07, 6.45) is 0. The van der Waals surface area contributed by atoms with Crippen molar-refractivity contribution in [2.24, 2.45) is 0 Å². The van der Waals surface area contributed by atoms with Crippen LogP contribution in [0.15, 0.2) is 30.3 Å². The summed E-state index contributed by atoms with van der Waals surface area (Å²) in [7, 11) is 0. The monoisotopic (exact) mass is 174 g/mol. The Kier molecular flexibility index (Phi) is 5.35. The molecule has 0 amide bonds. The van der Waals surface area contributed by atoms with E-state index in [4.69, 9.17) is 5.21 Å². The maximum absolute atomic E-state index is 8.27. The van der Waals surface area contributed by atoms with E-state index in [0.29, 0.717) is 6.54 Å². The molecule has 2 nitrogen and oxygen atoms in total. The van der Waals surface area contributed by atoms with E-state index in [-0.39, 0.29) is 18.6 Å². The van der Waals surface area contributed by atoms with Gasteiger partial charge in [-0.25, -0.2) is 5.48 Å². The van der Waals surface area contributed by atoms with Crippen molar-refractivity contribution in [3.63, 3.8) is 0 Å². The summed E-state index contributed by atoms with van der Waals surface area (Å²) in [5, 5.41) is 8.27. The smallest absolute Gasteiger partial charge is 0.0458 e. The Morgan fingerprint density at radius 2 is 1.80 bits per heavy atom. The summed E-state index contributed by atoms with van der Waals surface area (Å²) in [5.41, 5.74) is 3.17. The van der Waals surface area contributed by atoms with Crippen molar-refractivity contribution >= 4 is 0 Å². The van der Waals surface area contributed by atoms with Crippen molar-refractivity contribution in [1.82, 2.24) is 5.48 Å². The Labute approximate surface area is 72.1 Å². The second kappa shape index (κ2) is 5.50. The van der Waals surface area contributed by atoms with Crippen LogP contribution in [0.25, 0.3) is 0 Å². The van der Waals surface area contributed by atoms with E-state index >= 15 is 0 Å². The normalized spacial score (nSPS) is 8.50. The second-order valence-electron chi connectivity index (χ2n) is 1.82. The summed E-state index contributed by atoms with van der Waals surface area (Å²) < 4.78 is 0. The van der Waals surface area contributed by atoms with Crippen LogP contribution in [0.3, 0.4) is 0 Å². The van der Waals surface area contributed by atoms with Crippen molar-refractivity contribution in [3.05, 3.63) is 35.9 Å². The summed E-state index contributed by atoms with van der Waals surface area (Å²) in [6, 6.07) is 9.71. The predicted octanol–water partition coefficient (Wildman–Crippen LogP) is 1.16. The zero-order valence-corrected chi connectivity index (χ0v) is 6.88. The average molecular weight is 174 g/mol. The van der Waals surface area contributed by atoms with Gasteiger partial charge in [0, 0.05) is 25.1 Å². The van der Waals surface area contributed by atoms with Crippen molar-refractivity contribution in [3.8, 4) is 0 Å². The van der Waals surface area contributed by atoms with E-state index in [1.54, 1.807) is 0 Å². The zero-order valence-electron chi connectivity index (χ0n) is 5.49. The first-order chi connectivity index (χ1) is 4.43. The Morgan fingerprint density at radius 3 is 2.30 bits per heavy atom. The van der Waals surface area contributed by atoms with Gasteiger partial charge >= 0.3 is 0 Å². The molecule has 0 spiro atoms. The van der Waals surface area contributed by atoms with Crippen LogP contribution < -0.4 is 5.48 Å². The molecule has 0 atom stereocenters. The number of nitrogens with one attached hydrogen (secondary N) is 1. The molecule has 3 heteroatoms. The van der Waals surface area contributed by atoms with Crippen molar-refractivity contribution in [2.75, 3.05) is 0 Å². The van der Waals surface area contributed by atoms with Crippen molar-refractivity contribution in [2.45, 2.75) is 6.54 Å². The van der Waals surface area contributed by atoms with Gasteiger partial charge in [0.1, 0.15) is 0 Å². The summed E-state index contributed by atoms with van der Waals surface area (Å²) in [4.78, 5) is 0. The van der Waals surface area contributed by atoms with Crippen molar-refractivity contribution < 1.29 is 23.8 Å². The molecule has 0 saturated carbocycles. The molecule has 0 heterocycles. The fraction of sp³-hybridized carbons (Fsp3) is 0.143. The van der Waals surface area contributed by atoms with E-state index < -0.39 is 0 Å². The number of benzene rings is 1. The molecule has 1 aromatic carbocycles. The van der Waals surface area contributed by atoms with Gasteiger partial charge in [0.25, 0.3) is 0 Å². The Morgan fingerprint density at radius 1 is 1.20 bits per heavy atom. The molecule has 1 aromatic rings. The van der Waals surface area contributed by atoms with E-state index in [0.717, 1.165) is 5.56 Å². The van der Waals surface area contributed by atoms with Crippen LogP contribution in [0.2, 0.25) is 0 Å². The minimum atomic E-state index is 0. The average Bonchev–Trinajstić information content (AvgIpc) is 1.91. The van der Waals surface area contributed by atoms with Crippen molar-refractivity contribution in [1.29, 1.82) is 0 Å². The third-order valence-electron chi connectivity index (χ3n) is 1.13. The van der Waals surface area contributed by atoms with Gasteiger partial charge in [-0.05, 0) is 5.56 Å². The van der Waals surface area contributed by atoms with Gasteiger partial charge in [-0.2, -0.15) is 0 Å². The third kappa shape index (κ3) is 3.04. The molecule has 0 aliphatic carbocycles. The molecular formula is C7H9NOV. The third-order valence-corrected chi connectivity index (χ3v) is 1.13. The Hall–Kier alpha value is -0.276. The quantitative estimate of drug-likeness (QED) is 0.659. The first-order valence-electron chi connectivity index (χ1n) is 2.84. The van der Waals surface area contributed by atoms with Gasteiger partial charge in [0.05, 0.1) is 0 Å². The fourth-order valence-corrected chi connectivity index (χ4v) is 0.687. The molecule has 10 heavy (non-hydrogen) atoms. The molecule has 0 bridgehead atoms. The zero-order chi connectivity index (χ0) is 6.53. The van der Waals surface area contributed by atoms with Gasteiger partial charge in [0.2, 0.25) is 0 Å². The molecule has 0 aliphatic heterocycles. The van der Waals surface area contributed by atoms with Crippen LogP contribution in [-0.4, -0.2) is 5.21 Å². The number of rotatable bonds is 2. The van der Waals surface area contributed by atoms with Crippen LogP contribution in [0.1, 0.15) is 5.56 Å². The largest absolute Gasteiger partial charge is 0.316 e. The summed E-state index contributed by atoms with van der Waals surface area (Å²) in [6.45, 7) is 0.515. The van der Waals surface area contributed by atoms with Gasteiger partial charge in [0.15, 0.2) is 0 Å². The molecule has 0 aromatic heterocycles. The summed E-state index contributed by atoms with van der Waals surface area (Å²) in [5.74, 6) is 0. The minimum absolute atomic E-state index is 0. The summed E-state index contributed by atoms with van der Waals surface area (Å²) >= 11 is 0. The Balaban J connectivity index is 0.000000810. The van der Waals surface area contributed by atoms with Crippen LogP contribution in [0, 0.1) is 0 Å². The van der Waals surface area contributed by atoms with E-state index in [1.807, 2.05) is 30.3 Å². The minimum Gasteiger partial charge on any atom is -0.316 e. The molecule has 1 radical (unpaired) electrons. The standard InChI is InChI=1S/C7H9NO.V/c9-8-6-7-4-2-1-3-5-7;/h1-5,8-9H,6H2;. The topological polar surface area (TPSA) is 32.3 Å². The maximum Gasteiger partial charge on any atom is 0.0458 e. The number of hydrogen-bond acceptors (Lipinski definition) is 2. The van der Waals surface area contributed by atoms with E-state index in [1.165, 1.54) is 0 Å². The predicted molar refractivity (Wildman–Crippen MR) is 35.1 cm³/mol. The SMILES string of the molecule is ONCc1ccccc1.[V]. The van der Waals surface area contributed by atoms with E-state index in [9.17, 15) is 0 Å². The molecule has 2 N–H and O–H groups in total. The van der Waals surface area contributed by atoms with Crippen LogP contribution in [-0.2, 0) is 25.1 Å². The number of hydroxylamine groups is 1. The molecule has 0 saturated heterocycles. The van der Waals surface area contributed by atoms with Gasteiger partial charge in [-0.1, -0.05) is 30.3 Å². The maximum atomic E-state index is 8.27. The molecule has 0 aliphatic rings. The number of hydrogen-bond donors (Lipinski definition) is 2.